The van der Waals surface area contributed by atoms with E-state index in [9.17, 15) is 14.4 Å². The first-order valence-corrected chi connectivity index (χ1v) is 17.4. The minimum atomic E-state index is -0.403. The highest BCUT2D eigenvalue weighted by Crippen LogP contribution is 2.30. The van der Waals surface area contributed by atoms with Crippen LogP contribution in [0.1, 0.15) is 45.5 Å². The van der Waals surface area contributed by atoms with Gasteiger partial charge in [-0.05, 0) is 92.4 Å². The zero-order chi connectivity index (χ0) is 35.2. The van der Waals surface area contributed by atoms with E-state index in [1.807, 2.05) is 79.7 Å². The van der Waals surface area contributed by atoms with Gasteiger partial charge >= 0.3 is 0 Å². The predicted molar refractivity (Wildman–Crippen MR) is 202 cm³/mol. The van der Waals surface area contributed by atoms with Gasteiger partial charge in [-0.1, -0.05) is 30.3 Å². The molecule has 4 N–H and O–H groups in total. The van der Waals surface area contributed by atoms with Crippen LogP contribution < -0.4 is 26.4 Å². The van der Waals surface area contributed by atoms with Gasteiger partial charge in [0.1, 0.15) is 0 Å². The summed E-state index contributed by atoms with van der Waals surface area (Å²) in [6.07, 6.45) is 5.21. The number of nitrogens with one attached hydrogen (secondary N) is 4. The number of aromatic amines is 1. The fourth-order valence-corrected chi connectivity index (χ4v) is 6.51. The zero-order valence-corrected chi connectivity index (χ0v) is 28.6. The van der Waals surface area contributed by atoms with Crippen molar-refractivity contribution in [2.24, 2.45) is 0 Å². The van der Waals surface area contributed by atoms with E-state index in [4.69, 9.17) is 9.72 Å². The lowest BCUT2D eigenvalue weighted by Crippen LogP contribution is -2.40. The molecule has 0 aliphatic carbocycles. The smallest absolute Gasteiger partial charge is 0.291 e. The summed E-state index contributed by atoms with van der Waals surface area (Å²) in [5.41, 5.74) is 6.55. The average Bonchev–Trinajstić information content (AvgIpc) is 3.17. The number of amides is 2. The first-order valence-electron chi connectivity index (χ1n) is 17.4. The monoisotopic (exact) mass is 683 g/mol. The zero-order valence-electron chi connectivity index (χ0n) is 28.6. The number of benzene rings is 4. The highest BCUT2D eigenvalue weighted by molar-refractivity contribution is 6.05. The van der Waals surface area contributed by atoms with E-state index < -0.39 is 5.56 Å². The van der Waals surface area contributed by atoms with E-state index in [0.29, 0.717) is 60.2 Å². The lowest BCUT2D eigenvalue weighted by molar-refractivity contribution is 0.0303. The van der Waals surface area contributed by atoms with Crippen LogP contribution in [0.15, 0.2) is 102 Å². The van der Waals surface area contributed by atoms with Gasteiger partial charge in [0.2, 0.25) is 0 Å². The number of piperidine rings is 1. The van der Waals surface area contributed by atoms with E-state index in [1.54, 1.807) is 29.3 Å². The fourth-order valence-electron chi connectivity index (χ4n) is 6.51. The molecule has 1 aromatic heterocycles. The number of aromatic nitrogens is 2. The standard InChI is InChI=1S/C40H41N7O4/c1-27-32(11-8-12-34(27)45-38(48)28-13-16-31(17-14-28)46-19-6-3-7-20-46)36-26-41-39(49)37(44-36)43-30-15-18-33(40(50)47-21-23-51-24-22-47)35(25-30)42-29-9-4-2-5-10-29/h2,4-5,8-18,25-26,42H,3,6-7,19-24H2,1H3,(H,41,49)(H,43,44)(H,45,48). The van der Waals surface area contributed by atoms with Gasteiger partial charge in [0.15, 0.2) is 5.82 Å². The quantitative estimate of drug-likeness (QED) is 0.131. The summed E-state index contributed by atoms with van der Waals surface area (Å²) >= 11 is 0. The Hall–Kier alpha value is -5.94. The number of hydrogen-bond donors (Lipinski definition) is 4. The van der Waals surface area contributed by atoms with Gasteiger partial charge in [-0.25, -0.2) is 4.98 Å². The van der Waals surface area contributed by atoms with Crippen LogP contribution in [0.25, 0.3) is 11.3 Å². The molecule has 2 saturated heterocycles. The molecule has 2 amide bonds. The minimum Gasteiger partial charge on any atom is -0.378 e. The highest BCUT2D eigenvalue weighted by atomic mass is 16.5. The topological polar surface area (TPSA) is 132 Å². The maximum atomic E-state index is 13.5. The van der Waals surface area contributed by atoms with Crippen LogP contribution in [-0.2, 0) is 4.74 Å². The summed E-state index contributed by atoms with van der Waals surface area (Å²) in [5.74, 6) is -0.209. The summed E-state index contributed by atoms with van der Waals surface area (Å²) in [4.78, 5) is 51.5. The summed E-state index contributed by atoms with van der Waals surface area (Å²) in [6, 6.07) is 28.3. The number of hydrogen-bond acceptors (Lipinski definition) is 8. The summed E-state index contributed by atoms with van der Waals surface area (Å²) in [7, 11) is 0. The largest absolute Gasteiger partial charge is 0.378 e. The molecule has 0 saturated carbocycles. The van der Waals surface area contributed by atoms with Gasteiger partial charge in [-0.15, -0.1) is 0 Å². The number of morpholine rings is 1. The summed E-state index contributed by atoms with van der Waals surface area (Å²) < 4.78 is 5.44. The van der Waals surface area contributed by atoms with Crippen LogP contribution in [0.3, 0.4) is 0 Å². The summed E-state index contributed by atoms with van der Waals surface area (Å²) in [5, 5.41) is 9.58. The highest BCUT2D eigenvalue weighted by Gasteiger charge is 2.22. The van der Waals surface area contributed by atoms with Crippen molar-refractivity contribution in [1.29, 1.82) is 0 Å². The second kappa shape index (κ2) is 15.3. The van der Waals surface area contributed by atoms with Crippen molar-refractivity contribution >= 4 is 46.1 Å². The lowest BCUT2D eigenvalue weighted by atomic mass is 10.0. The van der Waals surface area contributed by atoms with Crippen LogP contribution in [0.4, 0.5) is 34.3 Å². The third-order valence-corrected chi connectivity index (χ3v) is 9.36. The number of nitrogens with zero attached hydrogens (tertiary/aromatic N) is 3. The molecule has 3 heterocycles. The number of carbonyl (C=O) groups excluding carboxylic acids is 2. The molecule has 0 atom stereocenters. The van der Waals surface area contributed by atoms with Gasteiger partial charge in [0.05, 0.1) is 30.2 Å². The second-order valence-corrected chi connectivity index (χ2v) is 12.8. The Labute approximate surface area is 296 Å². The Kier molecular flexibility index (Phi) is 10.1. The van der Waals surface area contributed by atoms with Crippen LogP contribution in [0.2, 0.25) is 0 Å². The normalized spacial score (nSPS) is 14.5. The van der Waals surface area contributed by atoms with Crippen LogP contribution in [0, 0.1) is 6.92 Å². The van der Waals surface area contributed by atoms with Crippen LogP contribution in [-0.4, -0.2) is 66.1 Å². The van der Waals surface area contributed by atoms with Crippen molar-refractivity contribution in [3.05, 3.63) is 124 Å². The number of carbonyl (C=O) groups is 2. The summed E-state index contributed by atoms with van der Waals surface area (Å²) in [6.45, 7) is 6.04. The number of ether oxygens (including phenoxy) is 1. The van der Waals surface area contributed by atoms with Crippen LogP contribution >= 0.6 is 0 Å². The van der Waals surface area contributed by atoms with Gasteiger partial charge in [-0.3, -0.25) is 14.4 Å². The molecule has 2 fully saturated rings. The fraction of sp³-hybridized carbons (Fsp3) is 0.250. The molecule has 0 bridgehead atoms. The van der Waals surface area contributed by atoms with E-state index in [0.717, 1.165) is 35.6 Å². The minimum absolute atomic E-state index is 0.0908. The van der Waals surface area contributed by atoms with E-state index in [1.165, 1.54) is 19.3 Å². The lowest BCUT2D eigenvalue weighted by Gasteiger charge is -2.28. The molecule has 0 radical (unpaired) electrons. The molecule has 51 heavy (non-hydrogen) atoms. The van der Waals surface area contributed by atoms with Crippen molar-refractivity contribution in [3.8, 4) is 11.3 Å². The van der Waals surface area contributed by atoms with Crippen molar-refractivity contribution < 1.29 is 14.3 Å². The first-order chi connectivity index (χ1) is 24.9. The van der Waals surface area contributed by atoms with Crippen molar-refractivity contribution in [2.45, 2.75) is 26.2 Å². The molecular weight excluding hydrogens is 642 g/mol. The predicted octanol–water partition coefficient (Wildman–Crippen LogP) is 6.95. The van der Waals surface area contributed by atoms with Crippen molar-refractivity contribution in [1.82, 2.24) is 14.9 Å². The van der Waals surface area contributed by atoms with E-state index in [2.05, 4.69) is 25.8 Å². The van der Waals surface area contributed by atoms with Gasteiger partial charge in [0.25, 0.3) is 17.4 Å². The molecule has 2 aliphatic rings. The molecule has 0 unspecified atom stereocenters. The van der Waals surface area contributed by atoms with E-state index in [-0.39, 0.29) is 17.6 Å². The average molecular weight is 684 g/mol. The second-order valence-electron chi connectivity index (χ2n) is 12.8. The molecule has 7 rings (SSSR count). The van der Waals surface area contributed by atoms with Gasteiger partial charge in [0, 0.05) is 66.3 Å². The van der Waals surface area contributed by atoms with Gasteiger partial charge in [-0.2, -0.15) is 0 Å². The third kappa shape index (κ3) is 7.79. The maximum absolute atomic E-state index is 13.5. The number of anilines is 6. The molecule has 5 aromatic rings. The van der Waals surface area contributed by atoms with Crippen LogP contribution in [0.5, 0.6) is 0 Å². The molecule has 11 heteroatoms. The van der Waals surface area contributed by atoms with E-state index >= 15 is 0 Å². The number of rotatable bonds is 9. The Balaban J connectivity index is 1.11. The number of H-pyrrole nitrogens is 1. The molecule has 260 valence electrons. The SMILES string of the molecule is Cc1c(NC(=O)c2ccc(N3CCCCC3)cc2)cccc1-c1c[nH]c(=O)c(Nc2ccc(C(=O)N3CCOCC3)c(Nc3ccccc3)c2)n1. The van der Waals surface area contributed by atoms with Crippen molar-refractivity contribution in [2.75, 3.05) is 60.2 Å². The molecule has 0 spiro atoms. The maximum Gasteiger partial charge on any atom is 0.291 e. The Bertz CT molecular complexity index is 2070. The van der Waals surface area contributed by atoms with Crippen molar-refractivity contribution in [3.63, 3.8) is 0 Å². The molecular formula is C40H41N7O4. The van der Waals surface area contributed by atoms with Gasteiger partial charge < -0.3 is 35.5 Å². The Morgan fingerprint density at radius 3 is 2.31 bits per heavy atom. The molecule has 2 aliphatic heterocycles. The third-order valence-electron chi connectivity index (χ3n) is 9.36. The molecule has 11 nitrogen and oxygen atoms in total. The molecule has 4 aromatic carbocycles. The Morgan fingerprint density at radius 1 is 0.784 bits per heavy atom. The number of para-hydroxylation sites is 1. The Morgan fingerprint density at radius 2 is 1.55 bits per heavy atom. The first kappa shape index (κ1) is 33.6.